The second kappa shape index (κ2) is 8.23. The molecule has 0 heterocycles. The van der Waals surface area contributed by atoms with Gasteiger partial charge in [0.15, 0.2) is 0 Å². The van der Waals surface area contributed by atoms with E-state index in [0.717, 1.165) is 12.8 Å². The highest BCUT2D eigenvalue weighted by atomic mass is 16.4. The van der Waals surface area contributed by atoms with Gasteiger partial charge in [-0.2, -0.15) is 0 Å². The number of hydrogen-bond donors (Lipinski definition) is 4. The van der Waals surface area contributed by atoms with E-state index in [9.17, 15) is 19.2 Å². The molecule has 1 aliphatic carbocycles. The summed E-state index contributed by atoms with van der Waals surface area (Å²) in [6, 6.07) is -1.23. The van der Waals surface area contributed by atoms with Gasteiger partial charge in [-0.15, -0.1) is 0 Å². The van der Waals surface area contributed by atoms with Crippen molar-refractivity contribution in [2.45, 2.75) is 57.5 Å². The number of hydrogen-bond acceptors (Lipinski definition) is 4. The number of amides is 4. The Morgan fingerprint density at radius 2 is 1.76 bits per heavy atom. The standard InChI is InChI=1S/C13H21N3O5/c1-8(12(20)15-9-6-7-9)14-13(21)16-10(17)4-2-3-5-11(18)19/h8-9H,2-7H2,1H3,(H,15,20)(H,18,19)(H2,14,16,17,21). The van der Waals surface area contributed by atoms with Gasteiger partial charge in [-0.1, -0.05) is 0 Å². The van der Waals surface area contributed by atoms with Gasteiger partial charge < -0.3 is 15.7 Å². The van der Waals surface area contributed by atoms with E-state index in [2.05, 4.69) is 16.0 Å². The molecule has 0 aromatic heterocycles. The van der Waals surface area contributed by atoms with E-state index in [1.807, 2.05) is 0 Å². The fourth-order valence-corrected chi connectivity index (χ4v) is 1.60. The second-order valence-electron chi connectivity index (χ2n) is 5.13. The van der Waals surface area contributed by atoms with Gasteiger partial charge in [0.1, 0.15) is 6.04 Å². The lowest BCUT2D eigenvalue weighted by Gasteiger charge is -2.14. The Morgan fingerprint density at radius 1 is 1.14 bits per heavy atom. The fourth-order valence-electron chi connectivity index (χ4n) is 1.60. The predicted molar refractivity (Wildman–Crippen MR) is 73.4 cm³/mol. The number of carbonyl (C=O) groups is 4. The molecule has 1 unspecified atom stereocenters. The van der Waals surface area contributed by atoms with Crippen LogP contribution in [-0.2, 0) is 14.4 Å². The van der Waals surface area contributed by atoms with Gasteiger partial charge in [-0.3, -0.25) is 19.7 Å². The second-order valence-corrected chi connectivity index (χ2v) is 5.13. The molecule has 8 nitrogen and oxygen atoms in total. The van der Waals surface area contributed by atoms with Crippen molar-refractivity contribution in [1.82, 2.24) is 16.0 Å². The summed E-state index contributed by atoms with van der Waals surface area (Å²) in [4.78, 5) is 44.8. The van der Waals surface area contributed by atoms with E-state index < -0.39 is 23.9 Å². The highest BCUT2D eigenvalue weighted by Crippen LogP contribution is 2.18. The maximum atomic E-state index is 11.6. The lowest BCUT2D eigenvalue weighted by atomic mass is 10.2. The number of urea groups is 1. The average molecular weight is 299 g/mol. The molecule has 4 N–H and O–H groups in total. The molecule has 0 aliphatic heterocycles. The first kappa shape index (κ1) is 16.9. The summed E-state index contributed by atoms with van der Waals surface area (Å²) in [6.07, 6.45) is 2.76. The zero-order chi connectivity index (χ0) is 15.8. The minimum atomic E-state index is -0.913. The quantitative estimate of drug-likeness (QED) is 0.474. The Kier molecular flexibility index (Phi) is 6.64. The molecule has 0 bridgehead atoms. The summed E-state index contributed by atoms with van der Waals surface area (Å²) in [7, 11) is 0. The lowest BCUT2D eigenvalue weighted by Crippen LogP contribution is -2.50. The topological polar surface area (TPSA) is 125 Å². The van der Waals surface area contributed by atoms with Crippen LogP contribution >= 0.6 is 0 Å². The van der Waals surface area contributed by atoms with Gasteiger partial charge in [-0.25, -0.2) is 4.79 Å². The zero-order valence-electron chi connectivity index (χ0n) is 12.0. The molecule has 1 aliphatic rings. The van der Waals surface area contributed by atoms with Crippen LogP contribution in [0.15, 0.2) is 0 Å². The minimum Gasteiger partial charge on any atom is -0.481 e. The molecule has 0 aromatic rings. The van der Waals surface area contributed by atoms with Crippen LogP contribution < -0.4 is 16.0 Å². The number of aliphatic carboxylic acids is 1. The molecule has 0 spiro atoms. The van der Waals surface area contributed by atoms with Crippen LogP contribution in [0.25, 0.3) is 0 Å². The van der Waals surface area contributed by atoms with Crippen molar-refractivity contribution in [3.63, 3.8) is 0 Å². The Labute approximate surface area is 122 Å². The molecule has 118 valence electrons. The van der Waals surface area contributed by atoms with Crippen LogP contribution in [0, 0.1) is 0 Å². The SMILES string of the molecule is CC(NC(=O)NC(=O)CCCCC(=O)O)C(=O)NC1CC1. The number of imide groups is 1. The monoisotopic (exact) mass is 299 g/mol. The smallest absolute Gasteiger partial charge is 0.322 e. The van der Waals surface area contributed by atoms with Crippen LogP contribution in [-0.4, -0.2) is 41.0 Å². The summed E-state index contributed by atoms with van der Waals surface area (Å²) in [5.74, 6) is -1.68. The number of carbonyl (C=O) groups excluding carboxylic acids is 3. The maximum Gasteiger partial charge on any atom is 0.322 e. The van der Waals surface area contributed by atoms with Crippen molar-refractivity contribution in [3.8, 4) is 0 Å². The molecular formula is C13H21N3O5. The molecule has 8 heteroatoms. The van der Waals surface area contributed by atoms with Gasteiger partial charge in [-0.05, 0) is 32.6 Å². The van der Waals surface area contributed by atoms with E-state index >= 15 is 0 Å². The van der Waals surface area contributed by atoms with Crippen LogP contribution in [0.2, 0.25) is 0 Å². The third-order valence-electron chi connectivity index (χ3n) is 2.96. The zero-order valence-corrected chi connectivity index (χ0v) is 12.0. The summed E-state index contributed by atoms with van der Waals surface area (Å²) in [6.45, 7) is 1.54. The molecule has 0 aromatic carbocycles. The third kappa shape index (κ3) is 7.91. The number of carboxylic acid groups (broad SMARTS) is 1. The van der Waals surface area contributed by atoms with Crippen molar-refractivity contribution in [2.24, 2.45) is 0 Å². The first-order chi connectivity index (χ1) is 9.88. The molecule has 4 amide bonds. The van der Waals surface area contributed by atoms with Crippen LogP contribution in [0.1, 0.15) is 45.4 Å². The lowest BCUT2D eigenvalue weighted by molar-refractivity contribution is -0.137. The van der Waals surface area contributed by atoms with Crippen LogP contribution in [0.5, 0.6) is 0 Å². The van der Waals surface area contributed by atoms with Gasteiger partial charge in [0.2, 0.25) is 11.8 Å². The van der Waals surface area contributed by atoms with E-state index in [-0.39, 0.29) is 24.8 Å². The molecular weight excluding hydrogens is 278 g/mol. The van der Waals surface area contributed by atoms with Crippen LogP contribution in [0.3, 0.4) is 0 Å². The average Bonchev–Trinajstić information content (AvgIpc) is 3.18. The summed E-state index contributed by atoms with van der Waals surface area (Å²) in [5, 5.41) is 15.7. The van der Waals surface area contributed by atoms with E-state index in [0.29, 0.717) is 12.8 Å². The van der Waals surface area contributed by atoms with E-state index in [4.69, 9.17) is 5.11 Å². The molecule has 1 fully saturated rings. The maximum absolute atomic E-state index is 11.6. The summed E-state index contributed by atoms with van der Waals surface area (Å²) >= 11 is 0. The number of carboxylic acids is 1. The number of unbranched alkanes of at least 4 members (excludes halogenated alkanes) is 1. The molecule has 1 rings (SSSR count). The number of nitrogens with one attached hydrogen (secondary N) is 3. The first-order valence-corrected chi connectivity index (χ1v) is 7.01. The molecule has 0 saturated heterocycles. The molecule has 1 saturated carbocycles. The first-order valence-electron chi connectivity index (χ1n) is 7.01. The molecule has 21 heavy (non-hydrogen) atoms. The van der Waals surface area contributed by atoms with Gasteiger partial charge in [0.25, 0.3) is 0 Å². The fraction of sp³-hybridized carbons (Fsp3) is 0.692. The minimum absolute atomic E-state index is 0.00213. The van der Waals surface area contributed by atoms with E-state index in [1.165, 1.54) is 6.92 Å². The molecule has 0 radical (unpaired) electrons. The predicted octanol–water partition coefficient (Wildman–Crippen LogP) is 0.124. The van der Waals surface area contributed by atoms with E-state index in [1.54, 1.807) is 0 Å². The molecule has 1 atom stereocenters. The Bertz CT molecular complexity index is 420. The van der Waals surface area contributed by atoms with Gasteiger partial charge in [0.05, 0.1) is 0 Å². The van der Waals surface area contributed by atoms with Gasteiger partial charge in [0, 0.05) is 18.9 Å². The summed E-state index contributed by atoms with van der Waals surface area (Å²) in [5.41, 5.74) is 0. The third-order valence-corrected chi connectivity index (χ3v) is 2.96. The van der Waals surface area contributed by atoms with Crippen molar-refractivity contribution in [3.05, 3.63) is 0 Å². The normalized spacial score (nSPS) is 14.9. The van der Waals surface area contributed by atoms with Crippen molar-refractivity contribution < 1.29 is 24.3 Å². The Balaban J connectivity index is 2.14. The van der Waals surface area contributed by atoms with Crippen molar-refractivity contribution >= 4 is 23.8 Å². The van der Waals surface area contributed by atoms with Crippen molar-refractivity contribution in [1.29, 1.82) is 0 Å². The van der Waals surface area contributed by atoms with Crippen LogP contribution in [0.4, 0.5) is 4.79 Å². The Hall–Kier alpha value is -2.12. The van der Waals surface area contributed by atoms with Gasteiger partial charge >= 0.3 is 12.0 Å². The highest BCUT2D eigenvalue weighted by molar-refractivity contribution is 5.96. The summed E-state index contributed by atoms with van der Waals surface area (Å²) < 4.78 is 0. The Morgan fingerprint density at radius 3 is 2.33 bits per heavy atom. The number of rotatable bonds is 8. The largest absolute Gasteiger partial charge is 0.481 e. The highest BCUT2D eigenvalue weighted by Gasteiger charge is 2.26. The van der Waals surface area contributed by atoms with Crippen molar-refractivity contribution in [2.75, 3.05) is 0 Å².